The van der Waals surface area contributed by atoms with E-state index in [-0.39, 0.29) is 6.90 Å². The van der Waals surface area contributed by atoms with Crippen LogP contribution in [0.15, 0.2) is 15.7 Å². The molecule has 8 heteroatoms. The fourth-order valence-electron chi connectivity index (χ4n) is 2.82. The molecule has 2 aliphatic heterocycles. The molecular formula is C13H19N3O5. The van der Waals surface area contributed by atoms with E-state index in [1.54, 1.807) is 20.9 Å². The molecule has 2 fully saturated rings. The molecule has 21 heavy (non-hydrogen) atoms. The van der Waals surface area contributed by atoms with Gasteiger partial charge < -0.3 is 19.5 Å². The first-order valence-electron chi connectivity index (χ1n) is 7.41. The maximum Gasteiger partial charge on any atom is 0.332 e. The number of aromatic amines is 1. The first-order valence-corrected chi connectivity index (χ1v) is 6.70. The average Bonchev–Trinajstić information content (AvgIpc) is 2.91. The van der Waals surface area contributed by atoms with Gasteiger partial charge in [0, 0.05) is 14.5 Å². The number of hydrogen-bond acceptors (Lipinski definition) is 6. The Labute approximate surface area is 122 Å². The molecular weight excluding hydrogens is 278 g/mol. The molecule has 3 rings (SSSR count). The molecule has 0 spiro atoms. The molecule has 2 saturated heterocycles. The van der Waals surface area contributed by atoms with Crippen molar-refractivity contribution in [2.45, 2.75) is 51.1 Å². The summed E-state index contributed by atoms with van der Waals surface area (Å²) < 4.78 is 26.3. The lowest BCUT2D eigenvalue weighted by Gasteiger charge is -2.25. The van der Waals surface area contributed by atoms with Gasteiger partial charge in [0.1, 0.15) is 18.0 Å². The summed E-state index contributed by atoms with van der Waals surface area (Å²) in [5.41, 5.74) is -1.10. The molecule has 0 bridgehead atoms. The van der Waals surface area contributed by atoms with Crippen molar-refractivity contribution < 1.29 is 15.6 Å². The summed E-state index contributed by atoms with van der Waals surface area (Å²) in [4.78, 5) is 25.9. The molecule has 0 radical (unpaired) electrons. The third-order valence-electron chi connectivity index (χ3n) is 3.61. The van der Waals surface area contributed by atoms with Crippen LogP contribution in [0.5, 0.6) is 0 Å². The van der Waals surface area contributed by atoms with Crippen molar-refractivity contribution in [1.29, 1.82) is 0 Å². The van der Waals surface area contributed by atoms with Gasteiger partial charge in [0.15, 0.2) is 12.0 Å². The smallest absolute Gasteiger partial charge is 0.332 e. The third-order valence-corrected chi connectivity index (χ3v) is 3.61. The molecule has 0 aromatic carbocycles. The Morgan fingerprint density at radius 3 is 2.76 bits per heavy atom. The summed E-state index contributed by atoms with van der Waals surface area (Å²) >= 11 is 0. The van der Waals surface area contributed by atoms with Gasteiger partial charge in [-0.2, -0.15) is 0 Å². The number of anilines is 1. The summed E-state index contributed by atoms with van der Waals surface area (Å²) in [7, 11) is 1.61. The Bertz CT molecular complexity index is 685. The predicted octanol–water partition coefficient (Wildman–Crippen LogP) is 0.0157. The highest BCUT2D eigenvalue weighted by molar-refractivity contribution is 5.33. The number of nitrogens with zero attached hydrogens (tertiary/aromatic N) is 1. The first kappa shape index (κ1) is 13.1. The zero-order chi connectivity index (χ0) is 16.1. The van der Waals surface area contributed by atoms with Crippen LogP contribution >= 0.6 is 0 Å². The van der Waals surface area contributed by atoms with Crippen molar-refractivity contribution in [3.05, 3.63) is 26.9 Å². The number of hydrogen-bond donors (Lipinski definition) is 2. The monoisotopic (exact) mass is 299 g/mol. The summed E-state index contributed by atoms with van der Waals surface area (Å²) in [6.07, 6.45) is -2.23. The molecule has 2 N–H and O–H groups in total. The van der Waals surface area contributed by atoms with Gasteiger partial charge in [0.2, 0.25) is 0 Å². The fourth-order valence-corrected chi connectivity index (χ4v) is 2.82. The molecule has 1 aromatic heterocycles. The van der Waals surface area contributed by atoms with Gasteiger partial charge >= 0.3 is 5.69 Å². The Hall–Kier alpha value is -1.64. The van der Waals surface area contributed by atoms with Crippen molar-refractivity contribution in [1.82, 2.24) is 9.55 Å². The lowest BCUT2D eigenvalue weighted by atomic mass is 10.1. The van der Waals surface area contributed by atoms with E-state index in [0.29, 0.717) is 5.82 Å². The topological polar surface area (TPSA) is 94.6 Å². The highest BCUT2D eigenvalue weighted by atomic mass is 16.8. The first-order chi connectivity index (χ1) is 10.4. The van der Waals surface area contributed by atoms with Crippen molar-refractivity contribution in [3.8, 4) is 0 Å². The predicted molar refractivity (Wildman–Crippen MR) is 74.3 cm³/mol. The van der Waals surface area contributed by atoms with E-state index in [4.69, 9.17) is 15.6 Å². The lowest BCUT2D eigenvalue weighted by molar-refractivity contribution is -0.194. The summed E-state index contributed by atoms with van der Waals surface area (Å²) in [6.45, 7) is 3.54. The van der Waals surface area contributed by atoms with Gasteiger partial charge in [-0.05, 0) is 20.7 Å². The van der Waals surface area contributed by atoms with Crippen LogP contribution in [0.2, 0.25) is 0 Å². The van der Waals surface area contributed by atoms with Crippen LogP contribution in [0.3, 0.4) is 0 Å². The van der Waals surface area contributed by atoms with Crippen LogP contribution in [0.4, 0.5) is 5.82 Å². The van der Waals surface area contributed by atoms with Crippen molar-refractivity contribution in [2.75, 3.05) is 12.4 Å². The summed E-state index contributed by atoms with van der Waals surface area (Å²) in [6, 6.07) is 1.27. The van der Waals surface area contributed by atoms with E-state index in [1.165, 1.54) is 10.6 Å². The zero-order valence-corrected chi connectivity index (χ0v) is 12.1. The molecule has 0 saturated carbocycles. The number of nitrogens with one attached hydrogen (secondary N) is 2. The largest absolute Gasteiger partial charge is 0.374 e. The molecule has 0 aliphatic carbocycles. The van der Waals surface area contributed by atoms with Crippen LogP contribution in [-0.2, 0) is 14.2 Å². The third kappa shape index (κ3) is 2.29. The molecule has 1 unspecified atom stereocenters. The summed E-state index contributed by atoms with van der Waals surface area (Å²) in [5, 5.41) is 2.81. The second-order valence-electron chi connectivity index (χ2n) is 5.57. The number of fused-ring (bicyclic) bond motifs is 1. The standard InChI is InChI=1S/C13H19N3O5/c1-6-9-10(21-13(2,3)20-9)11(19-6)16-7(14-4)5-8(17)15-12(16)18/h5-6,9-11,14H,1-4H3,(H,15,17,18)/t6-,9+,10?,11-/m1/s1/i1T. The minimum absolute atomic E-state index is 0.00982. The molecule has 8 nitrogen and oxygen atoms in total. The van der Waals surface area contributed by atoms with Gasteiger partial charge in [-0.15, -0.1) is 0 Å². The van der Waals surface area contributed by atoms with E-state index in [2.05, 4.69) is 10.3 Å². The zero-order valence-electron chi connectivity index (χ0n) is 13.1. The highest BCUT2D eigenvalue weighted by Crippen LogP contribution is 2.42. The Balaban J connectivity index is 2.06. The Morgan fingerprint density at radius 2 is 2.10 bits per heavy atom. The second kappa shape index (κ2) is 4.69. The van der Waals surface area contributed by atoms with E-state index in [9.17, 15) is 9.59 Å². The van der Waals surface area contributed by atoms with Gasteiger partial charge in [-0.3, -0.25) is 9.78 Å². The van der Waals surface area contributed by atoms with E-state index >= 15 is 0 Å². The van der Waals surface area contributed by atoms with Crippen LogP contribution in [0.25, 0.3) is 0 Å². The molecule has 3 heterocycles. The van der Waals surface area contributed by atoms with Gasteiger partial charge in [-0.1, -0.05) is 0 Å². The highest BCUT2D eigenvalue weighted by Gasteiger charge is 2.55. The molecule has 1 aromatic rings. The average molecular weight is 299 g/mol. The maximum absolute atomic E-state index is 12.2. The van der Waals surface area contributed by atoms with Crippen LogP contribution in [0, 0.1) is 0 Å². The fraction of sp³-hybridized carbons (Fsp3) is 0.692. The molecule has 2 aliphatic rings. The minimum atomic E-state index is -0.809. The van der Waals surface area contributed by atoms with Crippen LogP contribution in [0.1, 0.15) is 28.3 Å². The van der Waals surface area contributed by atoms with Gasteiger partial charge in [0.05, 0.1) is 6.10 Å². The molecule has 116 valence electrons. The van der Waals surface area contributed by atoms with Crippen molar-refractivity contribution >= 4 is 5.82 Å². The van der Waals surface area contributed by atoms with Crippen LogP contribution < -0.4 is 16.6 Å². The van der Waals surface area contributed by atoms with E-state index in [0.717, 1.165) is 0 Å². The Kier molecular flexibility index (Phi) is 2.91. The van der Waals surface area contributed by atoms with E-state index < -0.39 is 41.6 Å². The number of ether oxygens (including phenoxy) is 3. The molecule has 4 atom stereocenters. The molecule has 0 amide bonds. The minimum Gasteiger partial charge on any atom is -0.374 e. The number of aromatic nitrogens is 2. The SMILES string of the molecule is [3H]C[C@H]1O[C@@H](n2c(NC)cc(=O)[nH]c2=O)C2OC(C)(C)O[C@H]21. The number of H-pyrrole nitrogens is 1. The summed E-state index contributed by atoms with van der Waals surface area (Å²) in [5.74, 6) is -0.493. The Morgan fingerprint density at radius 1 is 1.38 bits per heavy atom. The van der Waals surface area contributed by atoms with Gasteiger partial charge in [-0.25, -0.2) is 9.36 Å². The second-order valence-corrected chi connectivity index (χ2v) is 5.57. The van der Waals surface area contributed by atoms with Crippen molar-refractivity contribution in [2.24, 2.45) is 0 Å². The van der Waals surface area contributed by atoms with Gasteiger partial charge in [0.25, 0.3) is 5.56 Å². The lowest BCUT2D eigenvalue weighted by Crippen LogP contribution is -2.38. The normalized spacial score (nSPS) is 34.5. The van der Waals surface area contributed by atoms with E-state index in [1.807, 2.05) is 0 Å². The quantitative estimate of drug-likeness (QED) is 0.799. The van der Waals surface area contributed by atoms with Crippen LogP contribution in [-0.4, -0.2) is 40.7 Å². The van der Waals surface area contributed by atoms with Crippen molar-refractivity contribution in [3.63, 3.8) is 0 Å². The maximum atomic E-state index is 12.2. The number of rotatable bonds is 2.